The average Bonchev–Trinajstić information content (AvgIpc) is 3.17. The van der Waals surface area contributed by atoms with E-state index in [4.69, 9.17) is 10.5 Å². The van der Waals surface area contributed by atoms with Crippen molar-refractivity contribution in [3.63, 3.8) is 0 Å². The molecule has 0 spiro atoms. The Morgan fingerprint density at radius 3 is 1.56 bits per heavy atom. The Kier molecular flexibility index (Phi) is 11.6. The summed E-state index contributed by atoms with van der Waals surface area (Å²) in [5, 5.41) is 23.6. The molecule has 6 aromatic rings. The largest absolute Gasteiger partial charge is 0.348 e. The summed E-state index contributed by atoms with van der Waals surface area (Å²) in [5.41, 5.74) is 4.43. The van der Waals surface area contributed by atoms with Gasteiger partial charge in [-0.25, -0.2) is 0 Å². The van der Waals surface area contributed by atoms with Gasteiger partial charge < -0.3 is 10.6 Å². The summed E-state index contributed by atoms with van der Waals surface area (Å²) in [7, 11) is 0. The van der Waals surface area contributed by atoms with Crippen LogP contribution in [-0.4, -0.2) is 25.9 Å². The van der Waals surface area contributed by atoms with Crippen molar-refractivity contribution >= 4 is 11.8 Å². The van der Waals surface area contributed by atoms with Gasteiger partial charge in [-0.05, 0) is 91.7 Å². The molecule has 0 bridgehead atoms. The fraction of sp³-hybridized carbons (Fsp3) is 0.0976. The van der Waals surface area contributed by atoms with Gasteiger partial charge >= 0.3 is 0 Å². The third kappa shape index (κ3) is 8.61. The number of carbonyl (C=O) groups is 2. The maximum absolute atomic E-state index is 12.9. The molecule has 2 N–H and O–H groups in total. The molecule has 0 aliphatic carbocycles. The molecule has 2 amide bonds. The highest BCUT2D eigenvalue weighted by Crippen LogP contribution is 2.13. The van der Waals surface area contributed by atoms with Crippen molar-refractivity contribution in [3.8, 4) is 23.5 Å². The number of hydrogen-bond donors (Lipinski definition) is 2. The summed E-state index contributed by atoms with van der Waals surface area (Å²) in [4.78, 5) is 54.6. The van der Waals surface area contributed by atoms with Crippen molar-refractivity contribution in [2.24, 2.45) is 0 Å². The number of hydrogen-bond acceptors (Lipinski definition) is 7. The smallest absolute Gasteiger partial charge is 0.268 e. The molecule has 0 saturated carbocycles. The monoisotopic (exact) mass is 687 g/mol. The van der Waals surface area contributed by atoms with Gasteiger partial charge in [-0.2, -0.15) is 10.5 Å². The van der Waals surface area contributed by atoms with Gasteiger partial charge in [0.15, 0.2) is 0 Å². The zero-order chi connectivity index (χ0) is 37.0. The second-order valence-corrected chi connectivity index (χ2v) is 11.6. The van der Waals surface area contributed by atoms with E-state index in [0.717, 1.165) is 11.1 Å². The number of rotatable bonds is 8. The Bertz CT molecular complexity index is 2270. The fourth-order valence-electron chi connectivity index (χ4n) is 5.33. The minimum atomic E-state index is -0.455. The van der Waals surface area contributed by atoms with E-state index in [-0.39, 0.29) is 17.7 Å². The Morgan fingerprint density at radius 1 is 0.615 bits per heavy atom. The molecule has 52 heavy (non-hydrogen) atoms. The van der Waals surface area contributed by atoms with Crippen molar-refractivity contribution < 1.29 is 9.59 Å². The minimum absolute atomic E-state index is 0.0434. The lowest BCUT2D eigenvalue weighted by atomic mass is 10.1. The molecule has 6 rings (SSSR count). The quantitative estimate of drug-likeness (QED) is 0.220. The first-order valence-corrected chi connectivity index (χ1v) is 16.2. The maximum atomic E-state index is 12.9. The molecule has 11 nitrogen and oxygen atoms in total. The second-order valence-electron chi connectivity index (χ2n) is 11.6. The minimum Gasteiger partial charge on any atom is -0.348 e. The number of amides is 2. The van der Waals surface area contributed by atoms with E-state index in [1.54, 1.807) is 93.0 Å². The number of benzene rings is 3. The van der Waals surface area contributed by atoms with Crippen LogP contribution in [0.3, 0.4) is 0 Å². The first-order valence-electron chi connectivity index (χ1n) is 16.2. The van der Waals surface area contributed by atoms with E-state index in [0.29, 0.717) is 40.4 Å². The standard InChI is InChI=1S/C21H17N3O2.C20H16N4O2/c1-15-10-11-19(20(25)23-14-16-6-3-2-4-7-16)21(26)24(15)18-9-5-8-17(12-18)13-22;1-14-7-8-18(19(25)23-13-16-5-3-9-22-12-16)20(26)24(14)17-6-2-4-15(10-17)11-21/h2-12H,14H2,1H3,(H,23,25);2-10,12H,13H2,1H3,(H,23,25). The Hall–Kier alpha value is -7.37. The first-order chi connectivity index (χ1) is 25.2. The van der Waals surface area contributed by atoms with E-state index in [1.165, 1.54) is 21.3 Å². The first kappa shape index (κ1) is 35.9. The lowest BCUT2D eigenvalue weighted by molar-refractivity contribution is 0.0941. The predicted octanol–water partition coefficient (Wildman–Crippen LogP) is 5.29. The van der Waals surface area contributed by atoms with Crippen molar-refractivity contribution in [1.82, 2.24) is 24.8 Å². The van der Waals surface area contributed by atoms with Gasteiger partial charge in [0.1, 0.15) is 11.1 Å². The normalized spacial score (nSPS) is 10.2. The molecule has 0 unspecified atom stereocenters. The van der Waals surface area contributed by atoms with Crippen LogP contribution in [0.25, 0.3) is 11.4 Å². The van der Waals surface area contributed by atoms with Gasteiger partial charge in [0, 0.05) is 36.9 Å². The van der Waals surface area contributed by atoms with Crippen LogP contribution in [0.2, 0.25) is 0 Å². The Morgan fingerprint density at radius 2 is 1.10 bits per heavy atom. The molecular weight excluding hydrogens is 654 g/mol. The van der Waals surface area contributed by atoms with Crippen LogP contribution in [0.1, 0.15) is 54.4 Å². The highest BCUT2D eigenvalue weighted by atomic mass is 16.2. The molecule has 11 heteroatoms. The van der Waals surface area contributed by atoms with E-state index in [9.17, 15) is 19.2 Å². The molecule has 0 saturated heterocycles. The number of nitriles is 2. The van der Waals surface area contributed by atoms with Gasteiger partial charge in [-0.1, -0.05) is 48.5 Å². The van der Waals surface area contributed by atoms with Gasteiger partial charge in [0.25, 0.3) is 22.9 Å². The Balaban J connectivity index is 0.000000201. The molecular formula is C41H33N7O4. The zero-order valence-corrected chi connectivity index (χ0v) is 28.4. The molecule has 0 aliphatic heterocycles. The molecule has 3 heterocycles. The summed E-state index contributed by atoms with van der Waals surface area (Å²) in [6, 6.07) is 37.1. The highest BCUT2D eigenvalue weighted by molar-refractivity contribution is 5.94. The maximum Gasteiger partial charge on any atom is 0.268 e. The van der Waals surface area contributed by atoms with Crippen LogP contribution in [0, 0.1) is 36.5 Å². The van der Waals surface area contributed by atoms with Crippen LogP contribution in [0.15, 0.2) is 137 Å². The van der Waals surface area contributed by atoms with Crippen LogP contribution >= 0.6 is 0 Å². The van der Waals surface area contributed by atoms with Gasteiger partial charge in [0.05, 0.1) is 34.6 Å². The third-order valence-corrected chi connectivity index (χ3v) is 7.98. The highest BCUT2D eigenvalue weighted by Gasteiger charge is 2.16. The molecule has 0 radical (unpaired) electrons. The zero-order valence-electron chi connectivity index (χ0n) is 28.4. The van der Waals surface area contributed by atoms with Crippen LogP contribution < -0.4 is 21.8 Å². The van der Waals surface area contributed by atoms with Crippen molar-refractivity contribution in [2.45, 2.75) is 26.9 Å². The predicted molar refractivity (Wildman–Crippen MR) is 196 cm³/mol. The molecule has 256 valence electrons. The van der Waals surface area contributed by atoms with E-state index < -0.39 is 22.9 Å². The molecule has 3 aromatic heterocycles. The van der Waals surface area contributed by atoms with Crippen molar-refractivity contribution in [1.29, 1.82) is 10.5 Å². The van der Waals surface area contributed by atoms with E-state index in [2.05, 4.69) is 27.8 Å². The van der Waals surface area contributed by atoms with Crippen molar-refractivity contribution in [2.75, 3.05) is 0 Å². The van der Waals surface area contributed by atoms with E-state index in [1.807, 2.05) is 36.4 Å². The van der Waals surface area contributed by atoms with Crippen LogP contribution in [-0.2, 0) is 13.1 Å². The number of carbonyl (C=O) groups excluding carboxylic acids is 2. The van der Waals surface area contributed by atoms with E-state index >= 15 is 0 Å². The number of aryl methyl sites for hydroxylation is 2. The second kappa shape index (κ2) is 16.8. The summed E-state index contributed by atoms with van der Waals surface area (Å²) in [6.07, 6.45) is 3.31. The fourth-order valence-corrected chi connectivity index (χ4v) is 5.33. The van der Waals surface area contributed by atoms with Crippen LogP contribution in [0.4, 0.5) is 0 Å². The van der Waals surface area contributed by atoms with Crippen LogP contribution in [0.5, 0.6) is 0 Å². The number of nitrogens with one attached hydrogen (secondary N) is 2. The number of pyridine rings is 3. The van der Waals surface area contributed by atoms with Gasteiger partial charge in [0.2, 0.25) is 0 Å². The van der Waals surface area contributed by atoms with Gasteiger partial charge in [-0.15, -0.1) is 0 Å². The van der Waals surface area contributed by atoms with Crippen molar-refractivity contribution in [3.05, 3.63) is 193 Å². The topological polar surface area (TPSA) is 163 Å². The summed E-state index contributed by atoms with van der Waals surface area (Å²) < 4.78 is 2.87. The average molecular weight is 688 g/mol. The SMILES string of the molecule is Cc1ccc(C(=O)NCc2ccccc2)c(=O)n1-c1cccc(C#N)c1.Cc1ccc(C(=O)NCc2cccnc2)c(=O)n1-c1cccc(C#N)c1. The molecule has 0 aliphatic rings. The summed E-state index contributed by atoms with van der Waals surface area (Å²) in [6.45, 7) is 4.19. The number of nitrogens with zero attached hydrogens (tertiary/aromatic N) is 5. The lowest BCUT2D eigenvalue weighted by Crippen LogP contribution is -2.33. The third-order valence-electron chi connectivity index (χ3n) is 7.98. The Labute approximate surface area is 299 Å². The summed E-state index contributed by atoms with van der Waals surface area (Å²) in [5.74, 6) is -0.881. The summed E-state index contributed by atoms with van der Waals surface area (Å²) >= 11 is 0. The molecule has 0 atom stereocenters. The molecule has 3 aromatic carbocycles. The number of aromatic nitrogens is 3. The molecule has 0 fully saturated rings. The lowest BCUT2D eigenvalue weighted by Gasteiger charge is -2.12. The van der Waals surface area contributed by atoms with Gasteiger partial charge in [-0.3, -0.25) is 33.3 Å².